The average molecular weight is 389 g/mol. The summed E-state index contributed by atoms with van der Waals surface area (Å²) < 4.78 is 17.3. The Hall–Kier alpha value is -1.73. The van der Waals surface area contributed by atoms with Crippen LogP contribution >= 0.6 is 0 Å². The Labute approximate surface area is 160 Å². The van der Waals surface area contributed by atoms with E-state index in [-0.39, 0.29) is 0 Å². The molecular weight excluding hydrogens is 356 g/mol. The molecule has 0 radical (unpaired) electrons. The van der Waals surface area contributed by atoms with Crippen molar-refractivity contribution in [3.05, 3.63) is 30.3 Å². The molecule has 0 heterocycles. The van der Waals surface area contributed by atoms with Crippen LogP contribution in [-0.4, -0.2) is 37.5 Å². The highest BCUT2D eigenvalue weighted by atomic mass is 28.3. The molecule has 0 atom stereocenters. The summed E-state index contributed by atoms with van der Waals surface area (Å²) in [7, 11) is 2.09. The molecule has 5 heteroatoms. The summed E-state index contributed by atoms with van der Waals surface area (Å²) in [5, 5.41) is 2.55. The van der Waals surface area contributed by atoms with Gasteiger partial charge in [0.2, 0.25) is 0 Å². The molecule has 26 heavy (non-hydrogen) atoms. The summed E-state index contributed by atoms with van der Waals surface area (Å²) in [4.78, 5) is 0. The van der Waals surface area contributed by atoms with Gasteiger partial charge in [0.05, 0.1) is 37.5 Å². The van der Waals surface area contributed by atoms with Gasteiger partial charge in [-0.15, -0.1) is 0 Å². The second-order valence-electron chi connectivity index (χ2n) is 8.64. The van der Waals surface area contributed by atoms with Crippen molar-refractivity contribution in [1.29, 1.82) is 0 Å². The van der Waals surface area contributed by atoms with E-state index in [1.165, 1.54) is 10.4 Å². The molecule has 0 N–H and O–H groups in total. The molecule has 2 aromatic carbocycles. The van der Waals surface area contributed by atoms with Crippen molar-refractivity contribution >= 4 is 26.5 Å². The van der Waals surface area contributed by atoms with E-state index in [0.717, 1.165) is 28.4 Å². The van der Waals surface area contributed by atoms with Crippen molar-refractivity contribution in [3.8, 4) is 28.4 Å². The number of hydrogen-bond acceptors (Lipinski definition) is 3. The first-order valence-corrected chi connectivity index (χ1v) is 16.0. The minimum absolute atomic E-state index is 0.912. The lowest BCUT2D eigenvalue weighted by Gasteiger charge is -2.26. The smallest absolute Gasteiger partial charge is 0.129 e. The van der Waals surface area contributed by atoms with Crippen LogP contribution in [0.15, 0.2) is 30.3 Å². The maximum Gasteiger partial charge on any atom is 0.129 e. The number of ether oxygens (including phenoxy) is 3. The van der Waals surface area contributed by atoms with Crippen LogP contribution in [0.3, 0.4) is 0 Å². The predicted octanol–water partition coefficient (Wildman–Crippen LogP) is 4.47. The minimum atomic E-state index is -1.67. The van der Waals surface area contributed by atoms with E-state index in [9.17, 15) is 0 Å². The lowest BCUT2D eigenvalue weighted by molar-refractivity contribution is 0.401. The first-order chi connectivity index (χ1) is 12.0. The SMILES string of the molecule is COc1cc(-c2ccc(OC)c([Si](C)(C)C)c2OC)ccc1[Si](C)(C)C. The second kappa shape index (κ2) is 7.49. The molecule has 0 aromatic heterocycles. The van der Waals surface area contributed by atoms with E-state index < -0.39 is 16.1 Å². The Kier molecular flexibility index (Phi) is 5.93. The van der Waals surface area contributed by atoms with Gasteiger partial charge in [0, 0.05) is 10.8 Å². The third kappa shape index (κ3) is 3.99. The highest BCUT2D eigenvalue weighted by Crippen LogP contribution is 2.35. The molecule has 0 bridgehead atoms. The van der Waals surface area contributed by atoms with Gasteiger partial charge in [0.25, 0.3) is 0 Å². The molecule has 2 rings (SSSR count). The highest BCUT2D eigenvalue weighted by Gasteiger charge is 2.28. The largest absolute Gasteiger partial charge is 0.497 e. The number of hydrogen-bond donors (Lipinski definition) is 0. The van der Waals surface area contributed by atoms with Gasteiger partial charge in [0.15, 0.2) is 0 Å². The van der Waals surface area contributed by atoms with Gasteiger partial charge in [0.1, 0.15) is 17.2 Å². The van der Waals surface area contributed by atoms with Crippen molar-refractivity contribution < 1.29 is 14.2 Å². The monoisotopic (exact) mass is 388 g/mol. The molecule has 0 amide bonds. The van der Waals surface area contributed by atoms with Crippen LogP contribution in [0.4, 0.5) is 0 Å². The summed E-state index contributed by atoms with van der Waals surface area (Å²) in [5.74, 6) is 2.80. The van der Waals surface area contributed by atoms with Crippen LogP contribution < -0.4 is 24.6 Å². The van der Waals surface area contributed by atoms with E-state index >= 15 is 0 Å². The molecule has 0 unspecified atom stereocenters. The van der Waals surface area contributed by atoms with Crippen LogP contribution in [0, 0.1) is 0 Å². The van der Waals surface area contributed by atoms with Crippen molar-refractivity contribution in [2.45, 2.75) is 39.3 Å². The Morgan fingerprint density at radius 2 is 1.27 bits per heavy atom. The Bertz CT molecular complexity index is 787. The Morgan fingerprint density at radius 1 is 0.654 bits per heavy atom. The quantitative estimate of drug-likeness (QED) is 0.683. The molecule has 0 saturated heterocycles. The van der Waals surface area contributed by atoms with E-state index in [4.69, 9.17) is 14.2 Å². The first-order valence-electron chi connectivity index (χ1n) is 8.99. The van der Waals surface area contributed by atoms with E-state index in [2.05, 4.69) is 69.6 Å². The zero-order valence-corrected chi connectivity index (χ0v) is 19.6. The number of rotatable bonds is 6. The third-order valence-corrected chi connectivity index (χ3v) is 8.62. The van der Waals surface area contributed by atoms with Gasteiger partial charge >= 0.3 is 0 Å². The molecule has 0 aliphatic heterocycles. The molecule has 0 aliphatic rings. The molecule has 3 nitrogen and oxygen atoms in total. The fourth-order valence-corrected chi connectivity index (χ4v) is 6.70. The average Bonchev–Trinajstić information content (AvgIpc) is 2.58. The topological polar surface area (TPSA) is 27.7 Å². The molecule has 0 aliphatic carbocycles. The predicted molar refractivity (Wildman–Crippen MR) is 117 cm³/mol. The number of benzene rings is 2. The number of methoxy groups -OCH3 is 3. The van der Waals surface area contributed by atoms with Crippen LogP contribution in [0.25, 0.3) is 11.1 Å². The van der Waals surface area contributed by atoms with Gasteiger partial charge in [-0.25, -0.2) is 0 Å². The Balaban J connectivity index is 2.73. The lowest BCUT2D eigenvalue weighted by atomic mass is 10.0. The summed E-state index contributed by atoms with van der Waals surface area (Å²) >= 11 is 0. The molecule has 2 aromatic rings. The lowest BCUT2D eigenvalue weighted by Crippen LogP contribution is -2.40. The van der Waals surface area contributed by atoms with Gasteiger partial charge in [-0.05, 0) is 28.9 Å². The minimum Gasteiger partial charge on any atom is -0.497 e. The molecule has 0 saturated carbocycles. The highest BCUT2D eigenvalue weighted by molar-refractivity contribution is 6.90. The van der Waals surface area contributed by atoms with Gasteiger partial charge in [-0.1, -0.05) is 51.4 Å². The molecule has 0 fully saturated rings. The summed E-state index contributed by atoms with van der Waals surface area (Å²) in [6.07, 6.45) is 0. The summed E-state index contributed by atoms with van der Waals surface area (Å²) in [6.45, 7) is 13.9. The van der Waals surface area contributed by atoms with E-state index in [1.807, 2.05) is 0 Å². The molecule has 142 valence electrons. The van der Waals surface area contributed by atoms with Crippen LogP contribution in [0.5, 0.6) is 17.2 Å². The maximum atomic E-state index is 5.89. The fraction of sp³-hybridized carbons (Fsp3) is 0.429. The summed E-state index contributed by atoms with van der Waals surface area (Å²) in [6, 6.07) is 10.7. The maximum absolute atomic E-state index is 5.89. The third-order valence-electron chi connectivity index (χ3n) is 4.61. The van der Waals surface area contributed by atoms with Crippen LogP contribution in [0.1, 0.15) is 0 Å². The standard InChI is InChI=1S/C21H32O3Si2/c1-22-17-12-11-16(20(24-3)21(17)26(7,8)9)15-10-13-19(25(4,5)6)18(14-15)23-2/h10-14H,1-9H3. The molecular formula is C21H32O3Si2. The summed E-state index contributed by atoms with van der Waals surface area (Å²) in [5.41, 5.74) is 2.20. The fourth-order valence-electron chi connectivity index (χ4n) is 3.36. The van der Waals surface area contributed by atoms with Crippen molar-refractivity contribution in [1.82, 2.24) is 0 Å². The normalized spacial score (nSPS) is 12.0. The van der Waals surface area contributed by atoms with Crippen LogP contribution in [-0.2, 0) is 0 Å². The van der Waals surface area contributed by atoms with Gasteiger partial charge < -0.3 is 14.2 Å². The van der Waals surface area contributed by atoms with Crippen molar-refractivity contribution in [2.24, 2.45) is 0 Å². The van der Waals surface area contributed by atoms with Crippen LogP contribution in [0.2, 0.25) is 39.3 Å². The first kappa shape index (κ1) is 20.6. The van der Waals surface area contributed by atoms with Gasteiger partial charge in [-0.3, -0.25) is 0 Å². The molecule has 0 spiro atoms. The van der Waals surface area contributed by atoms with E-state index in [1.54, 1.807) is 21.3 Å². The van der Waals surface area contributed by atoms with Gasteiger partial charge in [-0.2, -0.15) is 0 Å². The zero-order valence-electron chi connectivity index (χ0n) is 17.6. The second-order valence-corrected chi connectivity index (χ2v) is 18.7. The van der Waals surface area contributed by atoms with Crippen molar-refractivity contribution in [2.75, 3.05) is 21.3 Å². The Morgan fingerprint density at radius 3 is 1.73 bits per heavy atom. The van der Waals surface area contributed by atoms with Crippen molar-refractivity contribution in [3.63, 3.8) is 0 Å². The van der Waals surface area contributed by atoms with E-state index in [0.29, 0.717) is 0 Å². The zero-order chi connectivity index (χ0) is 19.7.